The number of hydrogen-bond donors (Lipinski definition) is 2. The zero-order valence-corrected chi connectivity index (χ0v) is 14.6. The molecule has 3 rings (SSSR count). The van der Waals surface area contributed by atoms with Crippen LogP contribution in [0.4, 0.5) is 0 Å². The van der Waals surface area contributed by atoms with Gasteiger partial charge in [-0.05, 0) is 60.8 Å². The highest BCUT2D eigenvalue weighted by Crippen LogP contribution is 2.64. The van der Waals surface area contributed by atoms with Gasteiger partial charge in [0.2, 0.25) is 0 Å². The Bertz CT molecular complexity index is 506. The number of fused-ring (bicyclic) bond motifs is 3. The maximum atomic E-state index is 10.7. The molecule has 0 heterocycles. The Morgan fingerprint density at radius 2 is 1.91 bits per heavy atom. The Morgan fingerprint density at radius 1 is 1.23 bits per heavy atom. The van der Waals surface area contributed by atoms with Crippen molar-refractivity contribution in [3.8, 4) is 0 Å². The van der Waals surface area contributed by atoms with Gasteiger partial charge < -0.3 is 10.2 Å². The fourth-order valence-corrected chi connectivity index (χ4v) is 5.59. The number of aliphatic hydroxyl groups excluding tert-OH is 2. The van der Waals surface area contributed by atoms with Crippen LogP contribution in [0, 0.1) is 28.6 Å². The summed E-state index contributed by atoms with van der Waals surface area (Å²) in [7, 11) is 0. The summed E-state index contributed by atoms with van der Waals surface area (Å²) < 4.78 is 0. The van der Waals surface area contributed by atoms with Gasteiger partial charge in [0.1, 0.15) is 0 Å². The molecule has 0 amide bonds. The van der Waals surface area contributed by atoms with Gasteiger partial charge in [-0.2, -0.15) is 0 Å². The van der Waals surface area contributed by atoms with Crippen molar-refractivity contribution >= 4 is 0 Å². The van der Waals surface area contributed by atoms with Crippen LogP contribution in [0.3, 0.4) is 0 Å². The van der Waals surface area contributed by atoms with Crippen molar-refractivity contribution in [3.05, 3.63) is 23.8 Å². The van der Waals surface area contributed by atoms with Gasteiger partial charge >= 0.3 is 0 Å². The molecule has 5 unspecified atom stereocenters. The van der Waals surface area contributed by atoms with Gasteiger partial charge in [-0.25, -0.2) is 0 Å². The van der Waals surface area contributed by atoms with E-state index in [1.807, 2.05) is 0 Å². The first-order chi connectivity index (χ1) is 10.2. The molecular weight excluding hydrogens is 272 g/mol. The Labute approximate surface area is 135 Å². The second-order valence-corrected chi connectivity index (χ2v) is 8.93. The lowest BCUT2D eigenvalue weighted by molar-refractivity contribution is -0.0714. The molecule has 3 aliphatic rings. The van der Waals surface area contributed by atoms with E-state index in [4.69, 9.17) is 0 Å². The molecule has 0 aromatic heterocycles. The predicted octanol–water partition coefficient (Wildman–Crippen LogP) is 4.08. The molecule has 0 aromatic carbocycles. The molecule has 2 heteroatoms. The Balaban J connectivity index is 2.02. The van der Waals surface area contributed by atoms with Crippen LogP contribution in [-0.4, -0.2) is 22.4 Å². The molecule has 6 atom stereocenters. The van der Waals surface area contributed by atoms with Gasteiger partial charge in [0.15, 0.2) is 0 Å². The van der Waals surface area contributed by atoms with Gasteiger partial charge in [0.05, 0.1) is 12.2 Å². The largest absolute Gasteiger partial charge is 0.389 e. The van der Waals surface area contributed by atoms with E-state index in [0.29, 0.717) is 17.8 Å². The average Bonchev–Trinajstić information content (AvgIpc) is 2.64. The lowest BCUT2D eigenvalue weighted by atomic mass is 9.51. The molecule has 2 N–H and O–H groups in total. The highest BCUT2D eigenvalue weighted by molar-refractivity contribution is 5.29. The van der Waals surface area contributed by atoms with Crippen LogP contribution >= 0.6 is 0 Å². The van der Waals surface area contributed by atoms with Crippen molar-refractivity contribution < 1.29 is 10.2 Å². The summed E-state index contributed by atoms with van der Waals surface area (Å²) in [5.74, 6) is 1.49. The summed E-state index contributed by atoms with van der Waals surface area (Å²) in [6.07, 6.45) is 6.51. The topological polar surface area (TPSA) is 40.5 Å². The van der Waals surface area contributed by atoms with Gasteiger partial charge in [-0.3, -0.25) is 0 Å². The van der Waals surface area contributed by atoms with Crippen LogP contribution < -0.4 is 0 Å². The molecule has 0 spiro atoms. The minimum Gasteiger partial charge on any atom is -0.389 e. The average molecular weight is 304 g/mol. The Morgan fingerprint density at radius 3 is 2.55 bits per heavy atom. The highest BCUT2D eigenvalue weighted by atomic mass is 16.3. The lowest BCUT2D eigenvalue weighted by Crippen LogP contribution is -2.49. The maximum absolute atomic E-state index is 10.7. The third-order valence-corrected chi connectivity index (χ3v) is 7.20. The van der Waals surface area contributed by atoms with Crippen molar-refractivity contribution in [2.75, 3.05) is 0 Å². The van der Waals surface area contributed by atoms with Crippen molar-refractivity contribution in [2.24, 2.45) is 28.6 Å². The summed E-state index contributed by atoms with van der Waals surface area (Å²) in [6.45, 7) is 13.2. The molecule has 0 aliphatic heterocycles. The zero-order valence-electron chi connectivity index (χ0n) is 14.6. The molecule has 0 saturated heterocycles. The molecular formula is C20H32O2. The minimum absolute atomic E-state index is 0.0135. The van der Waals surface area contributed by atoms with Gasteiger partial charge in [0, 0.05) is 5.41 Å². The summed E-state index contributed by atoms with van der Waals surface area (Å²) in [5, 5.41) is 21.1. The van der Waals surface area contributed by atoms with E-state index in [0.717, 1.165) is 37.7 Å². The molecule has 3 aliphatic carbocycles. The Hall–Kier alpha value is -0.600. The normalized spacial score (nSPS) is 48.7. The summed E-state index contributed by atoms with van der Waals surface area (Å²) in [5.41, 5.74) is 2.61. The van der Waals surface area contributed by atoms with Crippen molar-refractivity contribution in [1.82, 2.24) is 0 Å². The number of aliphatic hydroxyl groups is 2. The van der Waals surface area contributed by atoms with E-state index in [-0.39, 0.29) is 23.0 Å². The third-order valence-electron chi connectivity index (χ3n) is 7.20. The van der Waals surface area contributed by atoms with Gasteiger partial charge in [0.25, 0.3) is 0 Å². The van der Waals surface area contributed by atoms with E-state index in [2.05, 4.69) is 40.3 Å². The van der Waals surface area contributed by atoms with E-state index < -0.39 is 0 Å². The molecule has 0 bridgehead atoms. The van der Waals surface area contributed by atoms with E-state index in [1.54, 1.807) is 0 Å². The second kappa shape index (κ2) is 5.21. The minimum atomic E-state index is -0.350. The first-order valence-electron chi connectivity index (χ1n) is 8.94. The van der Waals surface area contributed by atoms with E-state index in [1.165, 1.54) is 5.57 Å². The maximum Gasteiger partial charge on any atom is 0.0783 e. The van der Waals surface area contributed by atoms with Gasteiger partial charge in [-0.15, -0.1) is 0 Å². The number of hydrogen-bond acceptors (Lipinski definition) is 2. The van der Waals surface area contributed by atoms with Crippen LogP contribution in [0.1, 0.15) is 59.8 Å². The van der Waals surface area contributed by atoms with E-state index >= 15 is 0 Å². The first-order valence-corrected chi connectivity index (χ1v) is 8.94. The molecule has 0 aromatic rings. The fraction of sp³-hybridized carbons (Fsp3) is 0.800. The predicted molar refractivity (Wildman–Crippen MR) is 90.4 cm³/mol. The van der Waals surface area contributed by atoms with Crippen LogP contribution in [0.25, 0.3) is 0 Å². The fourth-order valence-electron chi connectivity index (χ4n) is 5.59. The smallest absolute Gasteiger partial charge is 0.0783 e. The zero-order chi connectivity index (χ0) is 16.3. The third kappa shape index (κ3) is 2.22. The molecule has 22 heavy (non-hydrogen) atoms. The van der Waals surface area contributed by atoms with Crippen molar-refractivity contribution in [2.45, 2.75) is 72.0 Å². The summed E-state index contributed by atoms with van der Waals surface area (Å²) in [4.78, 5) is 0. The van der Waals surface area contributed by atoms with Crippen LogP contribution in [0.2, 0.25) is 0 Å². The standard InChI is InChI=1S/C20H32O2/c1-12(2)14-10-17(22)20(5)9-8-19(4)11-16(21)13(3)6-7-15(19)18(14)20/h10,12,15-18,21-22H,3,6-9,11H2,1-2,4-5H3/t15-,16?,17?,18?,19?,20?/m1/s1. The van der Waals surface area contributed by atoms with Crippen molar-refractivity contribution in [1.29, 1.82) is 0 Å². The summed E-state index contributed by atoms with van der Waals surface area (Å²) in [6, 6.07) is 0. The van der Waals surface area contributed by atoms with Crippen LogP contribution in [0.5, 0.6) is 0 Å². The molecule has 2 nitrogen and oxygen atoms in total. The number of rotatable bonds is 1. The second-order valence-electron chi connectivity index (χ2n) is 8.93. The molecule has 2 fully saturated rings. The molecule has 124 valence electrons. The van der Waals surface area contributed by atoms with Crippen LogP contribution in [-0.2, 0) is 0 Å². The summed E-state index contributed by atoms with van der Waals surface area (Å²) >= 11 is 0. The Kier molecular flexibility index (Phi) is 3.85. The molecule has 2 saturated carbocycles. The SMILES string of the molecule is C=C1CC[C@@H]2C3C(C(C)C)=CC(O)C3(C)CCC2(C)CC1O. The van der Waals surface area contributed by atoms with Crippen LogP contribution in [0.15, 0.2) is 23.8 Å². The van der Waals surface area contributed by atoms with E-state index in [9.17, 15) is 10.2 Å². The van der Waals surface area contributed by atoms with Crippen molar-refractivity contribution in [3.63, 3.8) is 0 Å². The van der Waals surface area contributed by atoms with Gasteiger partial charge in [-0.1, -0.05) is 45.9 Å². The molecule has 0 radical (unpaired) electrons. The quantitative estimate of drug-likeness (QED) is 0.717. The highest BCUT2D eigenvalue weighted by Gasteiger charge is 2.58. The lowest BCUT2D eigenvalue weighted by Gasteiger charge is -2.54. The monoisotopic (exact) mass is 304 g/mol. The number of allylic oxidation sites excluding steroid dienone is 1. The first kappa shape index (κ1) is 16.3.